The maximum Gasteiger partial charge on any atom is 0.259 e. The SMILES string of the molecule is CCOCc1ccccc1NC(=O)c1cnn(C)c1C. The number of para-hydroxylation sites is 1. The van der Waals surface area contributed by atoms with Crippen LogP contribution in [-0.2, 0) is 18.4 Å². The van der Waals surface area contributed by atoms with Crippen molar-refractivity contribution in [1.29, 1.82) is 0 Å². The van der Waals surface area contributed by atoms with Crippen molar-refractivity contribution in [2.24, 2.45) is 7.05 Å². The lowest BCUT2D eigenvalue weighted by Crippen LogP contribution is -2.14. The molecule has 5 heteroatoms. The van der Waals surface area contributed by atoms with Crippen LogP contribution >= 0.6 is 0 Å². The molecule has 2 rings (SSSR count). The molecule has 5 nitrogen and oxygen atoms in total. The summed E-state index contributed by atoms with van der Waals surface area (Å²) in [6.45, 7) is 4.94. The predicted octanol–water partition coefficient (Wildman–Crippen LogP) is 2.52. The number of aromatic nitrogens is 2. The van der Waals surface area contributed by atoms with E-state index >= 15 is 0 Å². The fraction of sp³-hybridized carbons (Fsp3) is 0.333. The maximum atomic E-state index is 12.3. The van der Waals surface area contributed by atoms with Crippen LogP contribution in [0.25, 0.3) is 0 Å². The second kappa shape index (κ2) is 6.34. The summed E-state index contributed by atoms with van der Waals surface area (Å²) in [5, 5.41) is 7.00. The number of nitrogens with zero attached hydrogens (tertiary/aromatic N) is 2. The van der Waals surface area contributed by atoms with Gasteiger partial charge in [0.1, 0.15) is 0 Å². The summed E-state index contributed by atoms with van der Waals surface area (Å²) in [5.41, 5.74) is 3.15. The molecule has 0 aliphatic rings. The van der Waals surface area contributed by atoms with Crippen LogP contribution in [0.15, 0.2) is 30.5 Å². The van der Waals surface area contributed by atoms with Gasteiger partial charge in [0.05, 0.1) is 18.4 Å². The molecule has 0 saturated heterocycles. The summed E-state index contributed by atoms with van der Waals surface area (Å²) >= 11 is 0. The first kappa shape index (κ1) is 14.3. The highest BCUT2D eigenvalue weighted by atomic mass is 16.5. The van der Waals surface area contributed by atoms with E-state index in [1.54, 1.807) is 10.9 Å². The fourth-order valence-electron chi connectivity index (χ4n) is 1.89. The van der Waals surface area contributed by atoms with Gasteiger partial charge in [-0.25, -0.2) is 0 Å². The van der Waals surface area contributed by atoms with E-state index in [0.29, 0.717) is 18.8 Å². The van der Waals surface area contributed by atoms with E-state index in [1.165, 1.54) is 0 Å². The molecule has 0 aliphatic heterocycles. The number of aryl methyl sites for hydroxylation is 1. The number of amides is 1. The van der Waals surface area contributed by atoms with Crippen molar-refractivity contribution in [3.8, 4) is 0 Å². The lowest BCUT2D eigenvalue weighted by Gasteiger charge is -2.10. The second-order valence-corrected chi connectivity index (χ2v) is 4.52. The molecule has 0 fully saturated rings. The topological polar surface area (TPSA) is 56.1 Å². The lowest BCUT2D eigenvalue weighted by atomic mass is 10.1. The van der Waals surface area contributed by atoms with Crippen molar-refractivity contribution in [3.05, 3.63) is 47.3 Å². The quantitative estimate of drug-likeness (QED) is 0.910. The first-order chi connectivity index (χ1) is 9.63. The molecule has 1 aromatic heterocycles. The Bertz CT molecular complexity index is 605. The normalized spacial score (nSPS) is 10.6. The Kier molecular flexibility index (Phi) is 4.53. The van der Waals surface area contributed by atoms with Crippen LogP contribution in [0.5, 0.6) is 0 Å². The van der Waals surface area contributed by atoms with Crippen LogP contribution in [-0.4, -0.2) is 22.3 Å². The highest BCUT2D eigenvalue weighted by Gasteiger charge is 2.14. The van der Waals surface area contributed by atoms with Gasteiger partial charge in [-0.2, -0.15) is 5.10 Å². The molecule has 1 aromatic carbocycles. The van der Waals surface area contributed by atoms with Gasteiger partial charge in [-0.15, -0.1) is 0 Å². The highest BCUT2D eigenvalue weighted by molar-refractivity contribution is 6.05. The molecule has 106 valence electrons. The van der Waals surface area contributed by atoms with Crippen molar-refractivity contribution in [2.75, 3.05) is 11.9 Å². The van der Waals surface area contributed by atoms with Gasteiger partial charge in [-0.3, -0.25) is 9.48 Å². The fourth-order valence-corrected chi connectivity index (χ4v) is 1.89. The van der Waals surface area contributed by atoms with Gasteiger partial charge in [-0.1, -0.05) is 18.2 Å². The maximum absolute atomic E-state index is 12.3. The number of rotatable bonds is 5. The van der Waals surface area contributed by atoms with Crippen LogP contribution in [0.3, 0.4) is 0 Å². The number of hydrogen-bond donors (Lipinski definition) is 1. The summed E-state index contributed by atoms with van der Waals surface area (Å²) < 4.78 is 7.09. The van der Waals surface area contributed by atoms with E-state index in [4.69, 9.17) is 4.74 Å². The number of benzene rings is 1. The summed E-state index contributed by atoms with van der Waals surface area (Å²) in [5.74, 6) is -0.153. The molecule has 0 saturated carbocycles. The number of carbonyl (C=O) groups excluding carboxylic acids is 1. The smallest absolute Gasteiger partial charge is 0.259 e. The van der Waals surface area contributed by atoms with Crippen molar-refractivity contribution in [2.45, 2.75) is 20.5 Å². The molecular formula is C15H19N3O2. The number of anilines is 1. The Hall–Kier alpha value is -2.14. The molecule has 1 heterocycles. The molecule has 0 atom stereocenters. The van der Waals surface area contributed by atoms with Gasteiger partial charge in [0.25, 0.3) is 5.91 Å². The average molecular weight is 273 g/mol. The number of carbonyl (C=O) groups is 1. The standard InChI is InChI=1S/C15H19N3O2/c1-4-20-10-12-7-5-6-8-14(12)17-15(19)13-9-16-18(3)11(13)2/h5-9H,4,10H2,1-3H3,(H,17,19). The van der Waals surface area contributed by atoms with Gasteiger partial charge in [-0.05, 0) is 19.9 Å². The summed E-state index contributed by atoms with van der Waals surface area (Å²) in [7, 11) is 1.81. The van der Waals surface area contributed by atoms with E-state index in [-0.39, 0.29) is 5.91 Å². The van der Waals surface area contributed by atoms with Gasteiger partial charge in [0.15, 0.2) is 0 Å². The van der Waals surface area contributed by atoms with Crippen molar-refractivity contribution >= 4 is 11.6 Å². The van der Waals surface area contributed by atoms with Crippen LogP contribution in [0.2, 0.25) is 0 Å². The van der Waals surface area contributed by atoms with Crippen LogP contribution in [0.1, 0.15) is 28.5 Å². The number of hydrogen-bond acceptors (Lipinski definition) is 3. The minimum Gasteiger partial charge on any atom is -0.377 e. The first-order valence-corrected chi connectivity index (χ1v) is 6.59. The monoisotopic (exact) mass is 273 g/mol. The molecule has 2 aromatic rings. The van der Waals surface area contributed by atoms with E-state index in [0.717, 1.165) is 16.9 Å². The molecular weight excluding hydrogens is 254 g/mol. The van der Waals surface area contributed by atoms with Crippen LogP contribution in [0.4, 0.5) is 5.69 Å². The molecule has 0 unspecified atom stereocenters. The lowest BCUT2D eigenvalue weighted by molar-refractivity contribution is 0.102. The van der Waals surface area contributed by atoms with Crippen LogP contribution in [0, 0.1) is 6.92 Å². The van der Waals surface area contributed by atoms with E-state index in [9.17, 15) is 4.79 Å². The molecule has 0 bridgehead atoms. The zero-order chi connectivity index (χ0) is 14.5. The van der Waals surface area contributed by atoms with E-state index < -0.39 is 0 Å². The third-order valence-corrected chi connectivity index (χ3v) is 3.21. The summed E-state index contributed by atoms with van der Waals surface area (Å²) in [6.07, 6.45) is 1.58. The largest absolute Gasteiger partial charge is 0.377 e. The summed E-state index contributed by atoms with van der Waals surface area (Å²) in [6, 6.07) is 7.64. The molecule has 1 amide bonds. The minimum atomic E-state index is -0.153. The van der Waals surface area contributed by atoms with E-state index in [2.05, 4.69) is 10.4 Å². The van der Waals surface area contributed by atoms with Gasteiger partial charge < -0.3 is 10.1 Å². The third-order valence-electron chi connectivity index (χ3n) is 3.21. The Morgan fingerprint density at radius 1 is 1.40 bits per heavy atom. The Labute approximate surface area is 118 Å². The highest BCUT2D eigenvalue weighted by Crippen LogP contribution is 2.18. The summed E-state index contributed by atoms with van der Waals surface area (Å²) in [4.78, 5) is 12.3. The van der Waals surface area contributed by atoms with Gasteiger partial charge in [0.2, 0.25) is 0 Å². The Morgan fingerprint density at radius 3 is 2.80 bits per heavy atom. The zero-order valence-electron chi connectivity index (χ0n) is 12.0. The van der Waals surface area contributed by atoms with E-state index in [1.807, 2.05) is 45.2 Å². The molecule has 0 radical (unpaired) electrons. The first-order valence-electron chi connectivity index (χ1n) is 6.59. The Morgan fingerprint density at radius 2 is 2.15 bits per heavy atom. The Balaban J connectivity index is 2.17. The number of ether oxygens (including phenoxy) is 1. The average Bonchev–Trinajstić information content (AvgIpc) is 2.78. The molecule has 1 N–H and O–H groups in total. The second-order valence-electron chi connectivity index (χ2n) is 4.52. The molecule has 20 heavy (non-hydrogen) atoms. The van der Waals surface area contributed by atoms with Crippen molar-refractivity contribution < 1.29 is 9.53 Å². The van der Waals surface area contributed by atoms with Crippen molar-refractivity contribution in [3.63, 3.8) is 0 Å². The van der Waals surface area contributed by atoms with Gasteiger partial charge >= 0.3 is 0 Å². The minimum absolute atomic E-state index is 0.153. The molecule has 0 aliphatic carbocycles. The zero-order valence-corrected chi connectivity index (χ0v) is 12.0. The third kappa shape index (κ3) is 3.05. The molecule has 0 spiro atoms. The predicted molar refractivity (Wildman–Crippen MR) is 77.7 cm³/mol. The van der Waals surface area contributed by atoms with Gasteiger partial charge in [0, 0.05) is 30.6 Å². The van der Waals surface area contributed by atoms with Crippen molar-refractivity contribution in [1.82, 2.24) is 9.78 Å². The number of nitrogens with one attached hydrogen (secondary N) is 1. The van der Waals surface area contributed by atoms with Crippen LogP contribution < -0.4 is 5.32 Å².